The maximum absolute atomic E-state index is 12.0. The fourth-order valence-corrected chi connectivity index (χ4v) is 2.34. The first-order valence-electron chi connectivity index (χ1n) is 8.92. The summed E-state index contributed by atoms with van der Waals surface area (Å²) in [4.78, 5) is 20.4. The lowest BCUT2D eigenvalue weighted by molar-refractivity contribution is 0.0147. The third-order valence-electron chi connectivity index (χ3n) is 3.96. The molecule has 0 saturated carbocycles. The smallest absolute Gasteiger partial charge is 0.410 e. The van der Waals surface area contributed by atoms with Gasteiger partial charge in [0.25, 0.3) is 0 Å². The molecule has 8 heteroatoms. The van der Waals surface area contributed by atoms with Gasteiger partial charge >= 0.3 is 6.09 Å². The van der Waals surface area contributed by atoms with Crippen LogP contribution in [0.25, 0.3) is 0 Å². The number of guanidine groups is 1. The lowest BCUT2D eigenvalue weighted by Gasteiger charge is -2.35. The average Bonchev–Trinajstić information content (AvgIpc) is 2.52. The molecule has 1 rings (SSSR count). The van der Waals surface area contributed by atoms with Gasteiger partial charge in [-0.1, -0.05) is 6.92 Å². The lowest BCUT2D eigenvalue weighted by atomic mass is 10.2. The van der Waals surface area contributed by atoms with E-state index in [1.165, 1.54) is 0 Å². The Morgan fingerprint density at radius 3 is 2.32 bits per heavy atom. The van der Waals surface area contributed by atoms with Crippen molar-refractivity contribution in [1.82, 2.24) is 20.4 Å². The van der Waals surface area contributed by atoms with E-state index in [-0.39, 0.29) is 30.1 Å². The molecular formula is C17H36IN5O2. The SMILES string of the molecule is CCC(C)NC(=NC)NCCN1CCN(C(=O)OC(C)(C)C)CC1.I. The Kier molecular flexibility index (Phi) is 11.4. The van der Waals surface area contributed by atoms with Gasteiger partial charge in [-0.25, -0.2) is 4.79 Å². The number of carbonyl (C=O) groups excluding carboxylic acids is 1. The standard InChI is InChI=1S/C17H35N5O2.HI/c1-7-14(2)20-15(18-6)19-8-9-21-10-12-22(13-11-21)16(23)24-17(3,4)5;/h14H,7-13H2,1-6H3,(H2,18,19,20);1H. The Morgan fingerprint density at radius 2 is 1.84 bits per heavy atom. The van der Waals surface area contributed by atoms with Gasteiger partial charge in [-0.15, -0.1) is 24.0 Å². The second kappa shape index (κ2) is 11.8. The number of ether oxygens (including phenoxy) is 1. The summed E-state index contributed by atoms with van der Waals surface area (Å²) in [6.45, 7) is 14.9. The van der Waals surface area contributed by atoms with Crippen LogP contribution in [0.15, 0.2) is 4.99 Å². The zero-order valence-electron chi connectivity index (χ0n) is 16.6. The van der Waals surface area contributed by atoms with Crippen molar-refractivity contribution in [3.63, 3.8) is 0 Å². The fraction of sp³-hybridized carbons (Fsp3) is 0.882. The molecule has 1 aliphatic rings. The van der Waals surface area contributed by atoms with Crippen LogP contribution in [-0.4, -0.2) is 79.8 Å². The predicted octanol–water partition coefficient (Wildman–Crippen LogP) is 2.12. The first-order chi connectivity index (χ1) is 11.2. The third kappa shape index (κ3) is 10.1. The number of piperazine rings is 1. The zero-order valence-corrected chi connectivity index (χ0v) is 18.9. The Morgan fingerprint density at radius 1 is 1.24 bits per heavy atom. The molecule has 0 spiro atoms. The molecule has 0 aliphatic carbocycles. The molecule has 0 aromatic carbocycles. The van der Waals surface area contributed by atoms with Crippen molar-refractivity contribution in [2.24, 2.45) is 4.99 Å². The highest BCUT2D eigenvalue weighted by Gasteiger charge is 2.25. The summed E-state index contributed by atoms with van der Waals surface area (Å²) in [6, 6.07) is 0.411. The lowest BCUT2D eigenvalue weighted by Crippen LogP contribution is -2.52. The summed E-state index contributed by atoms with van der Waals surface area (Å²) in [5.74, 6) is 0.844. The highest BCUT2D eigenvalue weighted by molar-refractivity contribution is 14.0. The van der Waals surface area contributed by atoms with E-state index < -0.39 is 5.60 Å². The zero-order chi connectivity index (χ0) is 18.2. The number of nitrogens with zero attached hydrogens (tertiary/aromatic N) is 3. The van der Waals surface area contributed by atoms with Crippen molar-refractivity contribution in [3.8, 4) is 0 Å². The number of carbonyl (C=O) groups is 1. The monoisotopic (exact) mass is 469 g/mol. The number of hydrogen-bond donors (Lipinski definition) is 2. The second-order valence-corrected chi connectivity index (χ2v) is 7.26. The van der Waals surface area contributed by atoms with E-state index in [1.807, 2.05) is 20.8 Å². The summed E-state index contributed by atoms with van der Waals surface area (Å²) in [5, 5.41) is 6.69. The van der Waals surface area contributed by atoms with Crippen LogP contribution in [0.4, 0.5) is 4.79 Å². The van der Waals surface area contributed by atoms with E-state index in [1.54, 1.807) is 11.9 Å². The van der Waals surface area contributed by atoms with Gasteiger partial charge in [-0.05, 0) is 34.1 Å². The van der Waals surface area contributed by atoms with E-state index in [0.29, 0.717) is 6.04 Å². The molecule has 0 aromatic rings. The Labute approximate surface area is 170 Å². The highest BCUT2D eigenvalue weighted by Crippen LogP contribution is 2.11. The van der Waals surface area contributed by atoms with E-state index in [2.05, 4.69) is 34.4 Å². The van der Waals surface area contributed by atoms with E-state index in [0.717, 1.165) is 51.6 Å². The fourth-order valence-electron chi connectivity index (χ4n) is 2.34. The Balaban J connectivity index is 0.00000576. The molecule has 2 N–H and O–H groups in total. The molecular weight excluding hydrogens is 433 g/mol. The summed E-state index contributed by atoms with van der Waals surface area (Å²) in [7, 11) is 1.79. The first kappa shape index (κ1) is 24.2. The number of aliphatic imine (C=N–C) groups is 1. The van der Waals surface area contributed by atoms with Crippen LogP contribution < -0.4 is 10.6 Å². The summed E-state index contributed by atoms with van der Waals surface area (Å²) < 4.78 is 5.42. The number of halogens is 1. The van der Waals surface area contributed by atoms with Crippen LogP contribution in [0.3, 0.4) is 0 Å². The van der Waals surface area contributed by atoms with Crippen molar-refractivity contribution >= 4 is 36.0 Å². The topological polar surface area (TPSA) is 69.2 Å². The van der Waals surface area contributed by atoms with Crippen molar-refractivity contribution in [2.45, 2.75) is 52.7 Å². The quantitative estimate of drug-likeness (QED) is 0.367. The minimum Gasteiger partial charge on any atom is -0.444 e. The van der Waals surface area contributed by atoms with Crippen molar-refractivity contribution in [1.29, 1.82) is 0 Å². The van der Waals surface area contributed by atoms with Gasteiger partial charge in [0.2, 0.25) is 0 Å². The van der Waals surface area contributed by atoms with Gasteiger partial charge in [0.1, 0.15) is 5.60 Å². The molecule has 1 amide bonds. The number of rotatable bonds is 5. The van der Waals surface area contributed by atoms with Crippen LogP contribution in [0.2, 0.25) is 0 Å². The third-order valence-corrected chi connectivity index (χ3v) is 3.96. The molecule has 148 valence electrons. The molecule has 0 aromatic heterocycles. The second-order valence-electron chi connectivity index (χ2n) is 7.26. The van der Waals surface area contributed by atoms with E-state index in [9.17, 15) is 4.79 Å². The average molecular weight is 469 g/mol. The van der Waals surface area contributed by atoms with Gasteiger partial charge in [-0.2, -0.15) is 0 Å². The van der Waals surface area contributed by atoms with Crippen LogP contribution in [0.5, 0.6) is 0 Å². The minimum atomic E-state index is -0.434. The summed E-state index contributed by atoms with van der Waals surface area (Å²) >= 11 is 0. The molecule has 1 atom stereocenters. The molecule has 1 fully saturated rings. The summed E-state index contributed by atoms with van der Waals surface area (Å²) in [5.41, 5.74) is -0.434. The number of amides is 1. The Hall–Kier alpha value is -0.770. The molecule has 1 heterocycles. The number of hydrogen-bond acceptors (Lipinski definition) is 4. The van der Waals surface area contributed by atoms with Gasteiger partial charge in [0.05, 0.1) is 0 Å². The summed E-state index contributed by atoms with van der Waals surface area (Å²) in [6.07, 6.45) is 0.853. The molecule has 25 heavy (non-hydrogen) atoms. The van der Waals surface area contributed by atoms with Crippen molar-refractivity contribution in [2.75, 3.05) is 46.3 Å². The highest BCUT2D eigenvalue weighted by atomic mass is 127. The number of nitrogens with one attached hydrogen (secondary N) is 2. The van der Waals surface area contributed by atoms with Gasteiger partial charge in [0, 0.05) is 52.4 Å². The van der Waals surface area contributed by atoms with Crippen LogP contribution >= 0.6 is 24.0 Å². The molecule has 1 aliphatic heterocycles. The Bertz CT molecular complexity index is 418. The minimum absolute atomic E-state index is 0. The van der Waals surface area contributed by atoms with E-state index in [4.69, 9.17) is 4.74 Å². The van der Waals surface area contributed by atoms with Gasteiger partial charge in [0.15, 0.2) is 5.96 Å². The first-order valence-corrected chi connectivity index (χ1v) is 8.92. The van der Waals surface area contributed by atoms with Gasteiger partial charge < -0.3 is 20.3 Å². The van der Waals surface area contributed by atoms with Crippen LogP contribution in [0, 0.1) is 0 Å². The maximum Gasteiger partial charge on any atom is 0.410 e. The van der Waals surface area contributed by atoms with Crippen LogP contribution in [0.1, 0.15) is 41.0 Å². The molecule has 0 radical (unpaired) electrons. The van der Waals surface area contributed by atoms with Gasteiger partial charge in [-0.3, -0.25) is 9.89 Å². The van der Waals surface area contributed by atoms with Crippen molar-refractivity contribution < 1.29 is 9.53 Å². The van der Waals surface area contributed by atoms with E-state index >= 15 is 0 Å². The largest absolute Gasteiger partial charge is 0.444 e. The van der Waals surface area contributed by atoms with Crippen LogP contribution in [-0.2, 0) is 4.74 Å². The normalized spacial score (nSPS) is 17.5. The maximum atomic E-state index is 12.0. The molecule has 7 nitrogen and oxygen atoms in total. The predicted molar refractivity (Wildman–Crippen MR) is 114 cm³/mol. The molecule has 0 bridgehead atoms. The molecule has 1 unspecified atom stereocenters. The van der Waals surface area contributed by atoms with Crippen molar-refractivity contribution in [3.05, 3.63) is 0 Å². The molecule has 1 saturated heterocycles.